The Bertz CT molecular complexity index is 481. The molecule has 88 valence electrons. The Morgan fingerprint density at radius 1 is 1.47 bits per heavy atom. The van der Waals surface area contributed by atoms with Crippen molar-refractivity contribution >= 4 is 21.8 Å². The highest BCUT2D eigenvalue weighted by Gasteiger charge is 2.04. The van der Waals surface area contributed by atoms with Crippen LogP contribution >= 0.6 is 15.9 Å². The summed E-state index contributed by atoms with van der Waals surface area (Å²) in [5.74, 6) is -0.120. The zero-order valence-corrected chi connectivity index (χ0v) is 10.6. The first-order chi connectivity index (χ1) is 8.25. The lowest BCUT2D eigenvalue weighted by Crippen LogP contribution is -2.27. The van der Waals surface area contributed by atoms with Crippen LogP contribution < -0.4 is 5.32 Å². The van der Waals surface area contributed by atoms with E-state index in [2.05, 4.69) is 31.2 Å². The number of nitrogens with one attached hydrogen (secondary N) is 1. The van der Waals surface area contributed by atoms with E-state index in [0.717, 1.165) is 0 Å². The van der Waals surface area contributed by atoms with Gasteiger partial charge < -0.3 is 9.88 Å². The van der Waals surface area contributed by atoms with E-state index in [0.29, 0.717) is 23.3 Å². The van der Waals surface area contributed by atoms with Crippen molar-refractivity contribution in [1.29, 1.82) is 0 Å². The summed E-state index contributed by atoms with van der Waals surface area (Å²) in [5, 5.41) is 2.81. The molecule has 0 bridgehead atoms. The molecule has 0 radical (unpaired) electrons. The Hall–Kier alpha value is -1.69. The molecule has 0 aliphatic heterocycles. The smallest absolute Gasteiger partial charge is 0.252 e. The van der Waals surface area contributed by atoms with Crippen molar-refractivity contribution in [3.05, 3.63) is 47.2 Å². The predicted octanol–water partition coefficient (Wildman–Crippen LogP) is 1.47. The molecule has 5 nitrogen and oxygen atoms in total. The number of pyridine rings is 1. The molecule has 0 aliphatic rings. The molecule has 0 aliphatic carbocycles. The molecule has 2 rings (SSSR count). The van der Waals surface area contributed by atoms with Crippen LogP contribution in [-0.2, 0) is 6.54 Å². The third kappa shape index (κ3) is 3.39. The predicted molar refractivity (Wildman–Crippen MR) is 66.5 cm³/mol. The lowest BCUT2D eigenvalue weighted by Gasteiger charge is -2.05. The minimum Gasteiger partial charge on any atom is -0.350 e. The van der Waals surface area contributed by atoms with Crippen molar-refractivity contribution in [2.24, 2.45) is 0 Å². The van der Waals surface area contributed by atoms with Gasteiger partial charge in [-0.25, -0.2) is 9.97 Å². The number of hydrogen-bond acceptors (Lipinski definition) is 3. The Balaban J connectivity index is 1.83. The Kier molecular flexibility index (Phi) is 3.87. The van der Waals surface area contributed by atoms with Crippen molar-refractivity contribution in [3.8, 4) is 0 Å². The second-order valence-corrected chi connectivity index (χ2v) is 4.24. The molecule has 2 aromatic heterocycles. The maximum Gasteiger partial charge on any atom is 0.252 e. The van der Waals surface area contributed by atoms with E-state index in [1.54, 1.807) is 24.7 Å². The van der Waals surface area contributed by atoms with Gasteiger partial charge in [0.15, 0.2) is 0 Å². The van der Waals surface area contributed by atoms with E-state index < -0.39 is 0 Å². The monoisotopic (exact) mass is 294 g/mol. The number of rotatable bonds is 4. The fourth-order valence-electron chi connectivity index (χ4n) is 1.33. The first-order valence-electron chi connectivity index (χ1n) is 5.11. The Morgan fingerprint density at radius 2 is 2.35 bits per heavy atom. The lowest BCUT2D eigenvalue weighted by molar-refractivity contribution is 0.0952. The van der Waals surface area contributed by atoms with Gasteiger partial charge in [0, 0.05) is 31.7 Å². The standard InChI is InChI=1S/C11H11BrN4O/c12-10-2-1-9(7-15-10)11(17)14-4-6-16-5-3-13-8-16/h1-3,5,7-8H,4,6H2,(H,14,17). The summed E-state index contributed by atoms with van der Waals surface area (Å²) in [6.45, 7) is 1.26. The van der Waals surface area contributed by atoms with Gasteiger partial charge in [0.1, 0.15) is 4.60 Å². The third-order valence-electron chi connectivity index (χ3n) is 2.20. The normalized spacial score (nSPS) is 10.2. The van der Waals surface area contributed by atoms with Crippen molar-refractivity contribution in [3.63, 3.8) is 0 Å². The van der Waals surface area contributed by atoms with Crippen LogP contribution in [0, 0.1) is 0 Å². The van der Waals surface area contributed by atoms with Gasteiger partial charge >= 0.3 is 0 Å². The van der Waals surface area contributed by atoms with Crippen LogP contribution in [0.2, 0.25) is 0 Å². The molecule has 0 fully saturated rings. The van der Waals surface area contributed by atoms with Crippen LogP contribution in [0.15, 0.2) is 41.7 Å². The van der Waals surface area contributed by atoms with Crippen LogP contribution in [0.5, 0.6) is 0 Å². The van der Waals surface area contributed by atoms with E-state index in [9.17, 15) is 4.79 Å². The third-order valence-corrected chi connectivity index (χ3v) is 2.67. The molecule has 2 heterocycles. The molecule has 1 amide bonds. The summed E-state index contributed by atoms with van der Waals surface area (Å²) in [6.07, 6.45) is 6.82. The summed E-state index contributed by atoms with van der Waals surface area (Å²) in [5.41, 5.74) is 0.554. The Morgan fingerprint density at radius 3 is 3.00 bits per heavy atom. The quantitative estimate of drug-likeness (QED) is 0.869. The number of aromatic nitrogens is 3. The van der Waals surface area contributed by atoms with Crippen LogP contribution in [0.3, 0.4) is 0 Å². The van der Waals surface area contributed by atoms with Crippen molar-refractivity contribution < 1.29 is 4.79 Å². The molecule has 0 unspecified atom stereocenters. The zero-order chi connectivity index (χ0) is 12.1. The number of nitrogens with zero attached hydrogens (tertiary/aromatic N) is 3. The minimum atomic E-state index is -0.120. The van der Waals surface area contributed by atoms with Crippen LogP contribution in [0.1, 0.15) is 10.4 Å². The number of carbonyl (C=O) groups excluding carboxylic acids is 1. The van der Waals surface area contributed by atoms with Gasteiger partial charge in [0.2, 0.25) is 0 Å². The van der Waals surface area contributed by atoms with Gasteiger partial charge in [-0.05, 0) is 28.1 Å². The first kappa shape index (κ1) is 11.8. The van der Waals surface area contributed by atoms with E-state index >= 15 is 0 Å². The highest BCUT2D eigenvalue weighted by Crippen LogP contribution is 2.05. The first-order valence-corrected chi connectivity index (χ1v) is 5.90. The van der Waals surface area contributed by atoms with Crippen LogP contribution in [-0.4, -0.2) is 27.0 Å². The highest BCUT2D eigenvalue weighted by atomic mass is 79.9. The minimum absolute atomic E-state index is 0.120. The van der Waals surface area contributed by atoms with Crippen LogP contribution in [0.4, 0.5) is 0 Å². The van der Waals surface area contributed by atoms with Gasteiger partial charge in [-0.15, -0.1) is 0 Å². The van der Waals surface area contributed by atoms with Crippen molar-refractivity contribution in [2.75, 3.05) is 6.54 Å². The number of amides is 1. The zero-order valence-electron chi connectivity index (χ0n) is 9.01. The fraction of sp³-hybridized carbons (Fsp3) is 0.182. The average Bonchev–Trinajstić information content (AvgIpc) is 2.83. The number of hydrogen-bond donors (Lipinski definition) is 1. The van der Waals surface area contributed by atoms with Gasteiger partial charge in [-0.2, -0.15) is 0 Å². The molecule has 17 heavy (non-hydrogen) atoms. The Labute approximate surface area is 107 Å². The average molecular weight is 295 g/mol. The number of imidazole rings is 1. The lowest BCUT2D eigenvalue weighted by atomic mass is 10.3. The number of halogens is 1. The van der Waals surface area contributed by atoms with Gasteiger partial charge in [-0.3, -0.25) is 4.79 Å². The largest absolute Gasteiger partial charge is 0.350 e. The highest BCUT2D eigenvalue weighted by molar-refractivity contribution is 9.10. The number of carbonyl (C=O) groups is 1. The maximum absolute atomic E-state index is 11.7. The van der Waals surface area contributed by atoms with Gasteiger partial charge in [0.05, 0.1) is 11.9 Å². The van der Waals surface area contributed by atoms with E-state index in [1.165, 1.54) is 6.20 Å². The van der Waals surface area contributed by atoms with E-state index in [4.69, 9.17) is 0 Å². The summed E-state index contributed by atoms with van der Waals surface area (Å²) in [7, 11) is 0. The van der Waals surface area contributed by atoms with Gasteiger partial charge in [-0.1, -0.05) is 0 Å². The molecule has 0 aromatic carbocycles. The van der Waals surface area contributed by atoms with Gasteiger partial charge in [0.25, 0.3) is 5.91 Å². The summed E-state index contributed by atoms with van der Waals surface area (Å²) in [4.78, 5) is 19.6. The summed E-state index contributed by atoms with van der Waals surface area (Å²) in [6, 6.07) is 3.47. The molecule has 2 aromatic rings. The molecular formula is C11H11BrN4O. The summed E-state index contributed by atoms with van der Waals surface area (Å²) < 4.78 is 2.62. The summed E-state index contributed by atoms with van der Waals surface area (Å²) >= 11 is 3.22. The maximum atomic E-state index is 11.7. The van der Waals surface area contributed by atoms with E-state index in [1.807, 2.05) is 10.8 Å². The SMILES string of the molecule is O=C(NCCn1ccnc1)c1ccc(Br)nc1. The molecule has 0 saturated heterocycles. The molecule has 6 heteroatoms. The molecule has 0 spiro atoms. The second-order valence-electron chi connectivity index (χ2n) is 3.43. The fourth-order valence-corrected chi connectivity index (χ4v) is 1.56. The topological polar surface area (TPSA) is 59.8 Å². The van der Waals surface area contributed by atoms with E-state index in [-0.39, 0.29) is 5.91 Å². The van der Waals surface area contributed by atoms with Crippen LogP contribution in [0.25, 0.3) is 0 Å². The molecule has 0 atom stereocenters. The molecule has 1 N–H and O–H groups in total. The van der Waals surface area contributed by atoms with Crippen molar-refractivity contribution in [1.82, 2.24) is 19.9 Å². The molecular weight excluding hydrogens is 284 g/mol. The van der Waals surface area contributed by atoms with Crippen molar-refractivity contribution in [2.45, 2.75) is 6.54 Å². The second kappa shape index (κ2) is 5.58. The molecule has 0 saturated carbocycles.